The monoisotopic (exact) mass is 421 g/mol. The Hall–Kier alpha value is -2.40. The first-order valence-corrected chi connectivity index (χ1v) is 11.6. The van der Waals surface area contributed by atoms with E-state index in [1.54, 1.807) is 0 Å². The Kier molecular flexibility index (Phi) is 5.58. The van der Waals surface area contributed by atoms with Crippen molar-refractivity contribution in [1.82, 2.24) is 10.3 Å². The summed E-state index contributed by atoms with van der Waals surface area (Å²) in [5, 5.41) is 4.25. The highest BCUT2D eigenvalue weighted by atomic mass is 32.1. The van der Waals surface area contributed by atoms with Crippen LogP contribution in [0.15, 0.2) is 36.4 Å². The number of aromatic nitrogens is 1. The molecule has 0 radical (unpaired) electrons. The van der Waals surface area contributed by atoms with Crippen LogP contribution in [-0.2, 0) is 12.8 Å². The third kappa shape index (κ3) is 4.22. The average Bonchev–Trinajstić information content (AvgIpc) is 3.12. The second-order valence-corrected chi connectivity index (χ2v) is 10.5. The van der Waals surface area contributed by atoms with Gasteiger partial charge in [0.25, 0.3) is 5.91 Å². The van der Waals surface area contributed by atoms with E-state index in [9.17, 15) is 4.79 Å². The van der Waals surface area contributed by atoms with Crippen LogP contribution in [0.1, 0.15) is 73.1 Å². The van der Waals surface area contributed by atoms with Gasteiger partial charge in [0.05, 0.1) is 10.9 Å². The largest absolute Gasteiger partial charge is 0.399 e. The lowest BCUT2D eigenvalue weighted by Gasteiger charge is -2.34. The fourth-order valence-corrected chi connectivity index (χ4v) is 5.34. The van der Waals surface area contributed by atoms with Gasteiger partial charge in [0.1, 0.15) is 4.83 Å². The molecule has 158 valence electrons. The van der Waals surface area contributed by atoms with Gasteiger partial charge in [-0.1, -0.05) is 39.8 Å². The number of nitrogens with one attached hydrogen (secondary N) is 1. The first-order valence-electron chi connectivity index (χ1n) is 10.8. The van der Waals surface area contributed by atoms with E-state index in [0.717, 1.165) is 39.9 Å². The van der Waals surface area contributed by atoms with Crippen LogP contribution in [0.25, 0.3) is 10.2 Å². The van der Waals surface area contributed by atoms with E-state index in [4.69, 9.17) is 10.7 Å². The van der Waals surface area contributed by atoms with Gasteiger partial charge >= 0.3 is 0 Å². The molecule has 0 saturated carbocycles. The predicted molar refractivity (Wildman–Crippen MR) is 126 cm³/mol. The van der Waals surface area contributed by atoms with E-state index < -0.39 is 0 Å². The molecule has 4 nitrogen and oxygen atoms in total. The molecule has 0 aliphatic heterocycles. The molecule has 4 rings (SSSR count). The maximum Gasteiger partial charge on any atom is 0.261 e. The van der Waals surface area contributed by atoms with Crippen molar-refractivity contribution in [3.05, 3.63) is 58.1 Å². The smallest absolute Gasteiger partial charge is 0.261 e. The number of fused-ring (bicyclic) bond motifs is 2. The number of benzene rings is 1. The Balaban J connectivity index is 1.57. The second-order valence-electron chi connectivity index (χ2n) is 9.51. The number of pyridine rings is 1. The molecule has 0 spiro atoms. The highest BCUT2D eigenvalue weighted by Gasteiger charge is 2.29. The zero-order chi connectivity index (χ0) is 21.5. The molecule has 2 atom stereocenters. The molecule has 0 saturated heterocycles. The van der Waals surface area contributed by atoms with Crippen molar-refractivity contribution < 1.29 is 4.79 Å². The highest BCUT2D eigenvalue weighted by Crippen LogP contribution is 2.38. The maximum absolute atomic E-state index is 13.0. The highest BCUT2D eigenvalue weighted by molar-refractivity contribution is 7.20. The summed E-state index contributed by atoms with van der Waals surface area (Å²) in [6.45, 7) is 9.05. The maximum atomic E-state index is 13.0. The van der Waals surface area contributed by atoms with Gasteiger partial charge in [-0.15, -0.1) is 11.3 Å². The van der Waals surface area contributed by atoms with Crippen LogP contribution in [0.5, 0.6) is 0 Å². The number of rotatable bonds is 4. The van der Waals surface area contributed by atoms with Crippen LogP contribution in [0.2, 0.25) is 0 Å². The number of nitrogens with two attached hydrogens (primary N) is 1. The van der Waals surface area contributed by atoms with Crippen molar-refractivity contribution in [2.24, 2.45) is 11.3 Å². The summed E-state index contributed by atoms with van der Waals surface area (Å²) in [6.07, 6.45) is 4.10. The van der Waals surface area contributed by atoms with Crippen LogP contribution in [-0.4, -0.2) is 10.9 Å². The van der Waals surface area contributed by atoms with E-state index in [2.05, 4.69) is 39.1 Å². The van der Waals surface area contributed by atoms with Gasteiger partial charge in [-0.2, -0.15) is 0 Å². The number of thiophene rings is 1. The summed E-state index contributed by atoms with van der Waals surface area (Å²) in [5.41, 5.74) is 10.5. The quantitative estimate of drug-likeness (QED) is 0.515. The Bertz CT molecular complexity index is 1080. The first kappa shape index (κ1) is 20.9. The SMILES string of the molecule is CC[C@@H](NC(=O)c1cc2cc3c(nc2s1)CCC(C(C)(C)C)C3)c1cccc(N)c1. The molecular formula is C25H31N3OS. The van der Waals surface area contributed by atoms with Crippen molar-refractivity contribution in [3.8, 4) is 0 Å². The number of hydrogen-bond donors (Lipinski definition) is 2. The van der Waals surface area contributed by atoms with Gasteiger partial charge < -0.3 is 11.1 Å². The standard InChI is InChI=1S/C25H31N3OS/c1-5-20(15-7-6-8-19(26)13-15)27-23(29)22-14-17-11-16-12-18(25(2,3)4)9-10-21(16)28-24(17)30-22/h6-8,11,13-14,18,20H,5,9-10,12,26H2,1-4H3,(H,27,29)/t18?,20-/m1/s1. The number of anilines is 1. The average molecular weight is 422 g/mol. The number of carbonyl (C=O) groups excluding carboxylic acids is 1. The minimum absolute atomic E-state index is 0.0437. The predicted octanol–water partition coefficient (Wildman–Crippen LogP) is 5.91. The van der Waals surface area contributed by atoms with Gasteiger partial charge in [-0.05, 0) is 72.4 Å². The van der Waals surface area contributed by atoms with Gasteiger partial charge in [-0.25, -0.2) is 4.98 Å². The summed E-state index contributed by atoms with van der Waals surface area (Å²) in [5.74, 6) is 0.632. The van der Waals surface area contributed by atoms with Crippen LogP contribution in [0.3, 0.4) is 0 Å². The Morgan fingerprint density at radius 2 is 2.10 bits per heavy atom. The summed E-state index contributed by atoms with van der Waals surface area (Å²) in [7, 11) is 0. The lowest BCUT2D eigenvalue weighted by atomic mass is 9.71. The molecule has 2 heterocycles. The van der Waals surface area contributed by atoms with Crippen LogP contribution < -0.4 is 11.1 Å². The number of nitrogens with zero attached hydrogens (tertiary/aromatic N) is 1. The van der Waals surface area contributed by atoms with Crippen molar-refractivity contribution in [2.75, 3.05) is 5.73 Å². The molecule has 1 aromatic carbocycles. The van der Waals surface area contributed by atoms with Crippen LogP contribution >= 0.6 is 11.3 Å². The van der Waals surface area contributed by atoms with E-state index >= 15 is 0 Å². The van der Waals surface area contributed by atoms with Crippen molar-refractivity contribution >= 4 is 33.1 Å². The number of nitrogen functional groups attached to an aromatic ring is 1. The molecule has 0 bridgehead atoms. The third-order valence-corrected chi connectivity index (χ3v) is 7.39. The summed E-state index contributed by atoms with van der Waals surface area (Å²) < 4.78 is 0. The zero-order valence-electron chi connectivity index (χ0n) is 18.3. The first-order chi connectivity index (χ1) is 14.2. The molecule has 0 fully saturated rings. The molecule has 1 aliphatic rings. The van der Waals surface area contributed by atoms with Gasteiger partial charge in [0.2, 0.25) is 0 Å². The minimum atomic E-state index is -0.0556. The number of amides is 1. The Labute approximate surface area is 182 Å². The van der Waals surface area contributed by atoms with Crippen molar-refractivity contribution in [3.63, 3.8) is 0 Å². The summed E-state index contributed by atoms with van der Waals surface area (Å²) >= 11 is 1.49. The summed E-state index contributed by atoms with van der Waals surface area (Å²) in [6, 6.07) is 11.9. The molecule has 30 heavy (non-hydrogen) atoms. The molecule has 2 aromatic heterocycles. The molecular weight excluding hydrogens is 390 g/mol. The fraction of sp³-hybridized carbons (Fsp3) is 0.440. The van der Waals surface area contributed by atoms with Crippen LogP contribution in [0.4, 0.5) is 5.69 Å². The topological polar surface area (TPSA) is 68.0 Å². The summed E-state index contributed by atoms with van der Waals surface area (Å²) in [4.78, 5) is 19.6. The van der Waals surface area contributed by atoms with Gasteiger partial charge in [-0.3, -0.25) is 4.79 Å². The molecule has 1 amide bonds. The van der Waals surface area contributed by atoms with E-state index in [1.807, 2.05) is 30.3 Å². The zero-order valence-corrected chi connectivity index (χ0v) is 19.1. The Morgan fingerprint density at radius 1 is 1.30 bits per heavy atom. The molecule has 1 aliphatic carbocycles. The van der Waals surface area contributed by atoms with E-state index in [0.29, 0.717) is 17.0 Å². The van der Waals surface area contributed by atoms with E-state index in [-0.39, 0.29) is 11.9 Å². The second kappa shape index (κ2) is 8.03. The van der Waals surface area contributed by atoms with Crippen LogP contribution in [0, 0.1) is 11.3 Å². The molecule has 1 unspecified atom stereocenters. The third-order valence-electron chi connectivity index (χ3n) is 6.35. The molecule has 5 heteroatoms. The van der Waals surface area contributed by atoms with Crippen molar-refractivity contribution in [2.45, 2.75) is 59.4 Å². The molecule has 3 N–H and O–H groups in total. The van der Waals surface area contributed by atoms with Crippen molar-refractivity contribution in [1.29, 1.82) is 0 Å². The van der Waals surface area contributed by atoms with Gasteiger partial charge in [0.15, 0.2) is 0 Å². The lowest BCUT2D eigenvalue weighted by Crippen LogP contribution is -2.27. The Morgan fingerprint density at radius 3 is 2.80 bits per heavy atom. The lowest BCUT2D eigenvalue weighted by molar-refractivity contribution is 0.0939. The fourth-order valence-electron chi connectivity index (χ4n) is 4.40. The van der Waals surface area contributed by atoms with E-state index in [1.165, 1.54) is 29.0 Å². The number of hydrogen-bond acceptors (Lipinski definition) is 4. The number of aryl methyl sites for hydroxylation is 1. The number of carbonyl (C=O) groups is 1. The normalized spacial score (nSPS) is 17.5. The molecule has 3 aromatic rings. The van der Waals surface area contributed by atoms with Gasteiger partial charge in [0, 0.05) is 16.8 Å². The minimum Gasteiger partial charge on any atom is -0.399 e.